The average molecular weight is 317 g/mol. The molecule has 0 radical (unpaired) electrons. The highest BCUT2D eigenvalue weighted by Gasteiger charge is 2.41. The third kappa shape index (κ3) is 3.45. The monoisotopic (exact) mass is 317 g/mol. The van der Waals surface area contributed by atoms with Crippen LogP contribution in [0.15, 0.2) is 48.7 Å². The van der Waals surface area contributed by atoms with Gasteiger partial charge >= 0.3 is 6.03 Å². The first kappa shape index (κ1) is 16.4. The number of carbonyl (C=O) groups is 3. The van der Waals surface area contributed by atoms with Crippen LogP contribution in [0.25, 0.3) is 0 Å². The first-order valence-corrected chi connectivity index (χ1v) is 6.93. The van der Waals surface area contributed by atoms with Crippen LogP contribution >= 0.6 is 0 Å². The molecule has 2 N–H and O–H groups in total. The average Bonchev–Trinajstić information content (AvgIpc) is 2.52. The standard InChI is InChI=1S/C16H16FN3O3/c1-3-9-20-15(22)13(14(21)19-16(20)23)12(4-2)18-11-7-5-10(17)6-8-11/h3-8,13,18H,1,9H2,2H3,(H,19,21,23)/b12-4+/t13-/m1/s1. The normalized spacial score (nSPS) is 18.7. The summed E-state index contributed by atoms with van der Waals surface area (Å²) in [6.07, 6.45) is 2.96. The lowest BCUT2D eigenvalue weighted by Gasteiger charge is -2.30. The van der Waals surface area contributed by atoms with Crippen molar-refractivity contribution in [1.82, 2.24) is 10.2 Å². The second-order valence-corrected chi connectivity index (χ2v) is 4.84. The molecule has 1 aromatic carbocycles. The lowest BCUT2D eigenvalue weighted by molar-refractivity contribution is -0.140. The number of allylic oxidation sites excluding steroid dienone is 1. The molecule has 1 aliphatic heterocycles. The van der Waals surface area contributed by atoms with Gasteiger partial charge in [-0.2, -0.15) is 0 Å². The Morgan fingerprint density at radius 3 is 2.57 bits per heavy atom. The van der Waals surface area contributed by atoms with E-state index in [-0.39, 0.29) is 6.54 Å². The summed E-state index contributed by atoms with van der Waals surface area (Å²) in [6, 6.07) is 4.71. The Balaban J connectivity index is 2.26. The van der Waals surface area contributed by atoms with Crippen LogP contribution in [0.4, 0.5) is 14.9 Å². The molecular weight excluding hydrogens is 301 g/mol. The van der Waals surface area contributed by atoms with Crippen LogP contribution in [0.1, 0.15) is 6.92 Å². The van der Waals surface area contributed by atoms with Crippen LogP contribution in [-0.4, -0.2) is 29.3 Å². The predicted molar refractivity (Wildman–Crippen MR) is 82.7 cm³/mol. The molecule has 0 unspecified atom stereocenters. The highest BCUT2D eigenvalue weighted by atomic mass is 19.1. The number of halogens is 1. The van der Waals surface area contributed by atoms with Gasteiger partial charge < -0.3 is 5.32 Å². The molecule has 1 saturated heterocycles. The van der Waals surface area contributed by atoms with Gasteiger partial charge in [0.25, 0.3) is 0 Å². The number of barbiturate groups is 1. The Morgan fingerprint density at radius 2 is 2.00 bits per heavy atom. The number of rotatable bonds is 5. The minimum Gasteiger partial charge on any atom is -0.358 e. The molecule has 120 valence electrons. The van der Waals surface area contributed by atoms with Crippen molar-refractivity contribution in [2.75, 3.05) is 11.9 Å². The van der Waals surface area contributed by atoms with Crippen molar-refractivity contribution < 1.29 is 18.8 Å². The highest BCUT2D eigenvalue weighted by molar-refractivity contribution is 6.18. The molecule has 1 heterocycles. The van der Waals surface area contributed by atoms with Crippen molar-refractivity contribution in [3.05, 3.63) is 54.5 Å². The van der Waals surface area contributed by atoms with Gasteiger partial charge in [0, 0.05) is 17.9 Å². The van der Waals surface area contributed by atoms with E-state index in [0.717, 1.165) is 4.90 Å². The zero-order valence-corrected chi connectivity index (χ0v) is 12.5. The summed E-state index contributed by atoms with van der Waals surface area (Å²) in [5.41, 5.74) is 0.827. The van der Waals surface area contributed by atoms with Gasteiger partial charge in [0.2, 0.25) is 11.8 Å². The van der Waals surface area contributed by atoms with E-state index in [1.54, 1.807) is 13.0 Å². The number of anilines is 1. The van der Waals surface area contributed by atoms with E-state index in [1.807, 2.05) is 0 Å². The third-order valence-electron chi connectivity index (χ3n) is 3.32. The van der Waals surface area contributed by atoms with Gasteiger partial charge in [0.15, 0.2) is 5.92 Å². The summed E-state index contributed by atoms with van der Waals surface area (Å²) in [5, 5.41) is 5.06. The fraction of sp³-hybridized carbons (Fsp3) is 0.188. The SMILES string of the molecule is C=CCN1C(=O)NC(=O)[C@@H](/C(=C\C)Nc2ccc(F)cc2)C1=O. The number of nitrogens with one attached hydrogen (secondary N) is 2. The second-order valence-electron chi connectivity index (χ2n) is 4.84. The molecule has 1 fully saturated rings. The Hall–Kier alpha value is -2.96. The number of hydrogen-bond donors (Lipinski definition) is 2. The van der Waals surface area contributed by atoms with E-state index in [0.29, 0.717) is 11.4 Å². The molecule has 6 nitrogen and oxygen atoms in total. The maximum absolute atomic E-state index is 12.9. The number of benzene rings is 1. The molecule has 1 aliphatic rings. The largest absolute Gasteiger partial charge is 0.358 e. The Kier molecular flexibility index (Phi) is 4.90. The number of carbonyl (C=O) groups excluding carboxylic acids is 3. The summed E-state index contributed by atoms with van der Waals surface area (Å²) < 4.78 is 12.9. The van der Waals surface area contributed by atoms with E-state index < -0.39 is 29.6 Å². The Morgan fingerprint density at radius 1 is 1.35 bits per heavy atom. The maximum atomic E-state index is 12.9. The molecule has 1 atom stereocenters. The number of hydrogen-bond acceptors (Lipinski definition) is 4. The van der Waals surface area contributed by atoms with E-state index in [4.69, 9.17) is 0 Å². The minimum atomic E-state index is -1.18. The summed E-state index contributed by atoms with van der Waals surface area (Å²) in [6.45, 7) is 5.14. The molecule has 0 aromatic heterocycles. The topological polar surface area (TPSA) is 78.5 Å². The summed E-state index contributed by atoms with van der Waals surface area (Å²) in [5.74, 6) is -2.92. The molecule has 4 amide bonds. The fourth-order valence-corrected chi connectivity index (χ4v) is 2.20. The number of urea groups is 1. The number of nitrogens with zero attached hydrogens (tertiary/aromatic N) is 1. The minimum absolute atomic E-state index is 0.00197. The van der Waals surface area contributed by atoms with Crippen molar-refractivity contribution in [3.8, 4) is 0 Å². The maximum Gasteiger partial charge on any atom is 0.331 e. The quantitative estimate of drug-likeness (QED) is 0.643. The fourth-order valence-electron chi connectivity index (χ4n) is 2.20. The van der Waals surface area contributed by atoms with E-state index >= 15 is 0 Å². The van der Waals surface area contributed by atoms with Crippen molar-refractivity contribution in [1.29, 1.82) is 0 Å². The first-order valence-electron chi connectivity index (χ1n) is 6.93. The third-order valence-corrected chi connectivity index (χ3v) is 3.32. The number of imide groups is 2. The van der Waals surface area contributed by atoms with Crippen LogP contribution in [0.2, 0.25) is 0 Å². The first-order chi connectivity index (χ1) is 11.0. The summed E-state index contributed by atoms with van der Waals surface area (Å²) in [7, 11) is 0. The second kappa shape index (κ2) is 6.87. The Labute approximate surface area is 132 Å². The molecule has 0 bridgehead atoms. The van der Waals surface area contributed by atoms with Gasteiger partial charge in [-0.05, 0) is 31.2 Å². The van der Waals surface area contributed by atoms with Crippen molar-refractivity contribution in [2.24, 2.45) is 5.92 Å². The van der Waals surface area contributed by atoms with Crippen LogP contribution in [-0.2, 0) is 9.59 Å². The van der Waals surface area contributed by atoms with Crippen LogP contribution < -0.4 is 10.6 Å². The van der Waals surface area contributed by atoms with Crippen LogP contribution in [0.5, 0.6) is 0 Å². The predicted octanol–water partition coefficient (Wildman–Crippen LogP) is 2.02. The van der Waals surface area contributed by atoms with Gasteiger partial charge in [-0.25, -0.2) is 9.18 Å². The van der Waals surface area contributed by atoms with Crippen LogP contribution in [0.3, 0.4) is 0 Å². The van der Waals surface area contributed by atoms with Gasteiger partial charge in [-0.15, -0.1) is 6.58 Å². The van der Waals surface area contributed by atoms with Gasteiger partial charge in [0.05, 0.1) is 0 Å². The van der Waals surface area contributed by atoms with Crippen molar-refractivity contribution in [3.63, 3.8) is 0 Å². The lowest BCUT2D eigenvalue weighted by Crippen LogP contribution is -2.58. The molecule has 0 aliphatic carbocycles. The zero-order valence-electron chi connectivity index (χ0n) is 12.5. The number of amides is 4. The molecule has 0 saturated carbocycles. The van der Waals surface area contributed by atoms with Crippen molar-refractivity contribution in [2.45, 2.75) is 6.92 Å². The summed E-state index contributed by atoms with van der Waals surface area (Å²) in [4.78, 5) is 37.1. The van der Waals surface area contributed by atoms with E-state index in [9.17, 15) is 18.8 Å². The molecular formula is C16H16FN3O3. The van der Waals surface area contributed by atoms with Crippen molar-refractivity contribution >= 4 is 23.5 Å². The van der Waals surface area contributed by atoms with Crippen LogP contribution in [0, 0.1) is 11.7 Å². The summed E-state index contributed by atoms with van der Waals surface area (Å²) >= 11 is 0. The van der Waals surface area contributed by atoms with Gasteiger partial charge in [-0.3, -0.25) is 19.8 Å². The van der Waals surface area contributed by atoms with E-state index in [1.165, 1.54) is 30.3 Å². The molecule has 7 heteroatoms. The highest BCUT2D eigenvalue weighted by Crippen LogP contribution is 2.22. The zero-order chi connectivity index (χ0) is 17.0. The lowest BCUT2D eigenvalue weighted by atomic mass is 9.99. The molecule has 0 spiro atoms. The Bertz CT molecular complexity index is 682. The smallest absolute Gasteiger partial charge is 0.331 e. The molecule has 2 rings (SSSR count). The van der Waals surface area contributed by atoms with Gasteiger partial charge in [-0.1, -0.05) is 12.2 Å². The van der Waals surface area contributed by atoms with Gasteiger partial charge in [0.1, 0.15) is 5.82 Å². The molecule has 23 heavy (non-hydrogen) atoms. The van der Waals surface area contributed by atoms with E-state index in [2.05, 4.69) is 17.2 Å². The molecule has 1 aromatic rings.